The quantitative estimate of drug-likeness (QED) is 0.173. The molecule has 0 heterocycles. The maximum atomic E-state index is 13.1. The van der Waals surface area contributed by atoms with Crippen LogP contribution in [0.1, 0.15) is 32.6 Å². The van der Waals surface area contributed by atoms with Crippen LogP contribution < -0.4 is 24.8 Å². The summed E-state index contributed by atoms with van der Waals surface area (Å²) in [6.07, 6.45) is -1.64. The SMILES string of the molecule is CCC(CC(=O)Oc1ccccc1)OC(=O)C(CCCNC(=O)Oc1ccccc1)NC(=O)Oc1ccccc1. The average Bonchev–Trinajstić information content (AvgIpc) is 2.95. The summed E-state index contributed by atoms with van der Waals surface area (Å²) in [4.78, 5) is 50.0. The second-order valence-electron chi connectivity index (χ2n) is 8.63. The maximum Gasteiger partial charge on any atom is 0.413 e. The molecule has 10 heteroatoms. The normalized spacial score (nSPS) is 11.8. The van der Waals surface area contributed by atoms with Gasteiger partial charge in [0, 0.05) is 6.54 Å². The Balaban J connectivity index is 1.54. The van der Waals surface area contributed by atoms with Gasteiger partial charge in [-0.25, -0.2) is 14.4 Å². The molecule has 3 aromatic rings. The lowest BCUT2D eigenvalue weighted by atomic mass is 10.1. The molecule has 2 N–H and O–H groups in total. The Bertz CT molecular complexity index is 1220. The van der Waals surface area contributed by atoms with Crippen molar-refractivity contribution in [3.8, 4) is 17.2 Å². The Labute approximate surface area is 232 Å². The minimum atomic E-state index is -1.10. The summed E-state index contributed by atoms with van der Waals surface area (Å²) in [5, 5.41) is 5.12. The summed E-state index contributed by atoms with van der Waals surface area (Å²) in [6, 6.07) is 24.4. The number of nitrogens with one attached hydrogen (secondary N) is 2. The van der Waals surface area contributed by atoms with Crippen LogP contribution in [0, 0.1) is 0 Å². The van der Waals surface area contributed by atoms with Crippen LogP contribution in [0.25, 0.3) is 0 Å². The van der Waals surface area contributed by atoms with Gasteiger partial charge in [0.15, 0.2) is 0 Å². The van der Waals surface area contributed by atoms with Crippen LogP contribution in [0.15, 0.2) is 91.0 Å². The van der Waals surface area contributed by atoms with Crippen LogP contribution >= 0.6 is 0 Å². The van der Waals surface area contributed by atoms with E-state index in [1.807, 2.05) is 0 Å². The van der Waals surface area contributed by atoms with E-state index in [1.54, 1.807) is 97.9 Å². The van der Waals surface area contributed by atoms with E-state index < -0.39 is 36.3 Å². The van der Waals surface area contributed by atoms with Crippen LogP contribution in [0.3, 0.4) is 0 Å². The third-order valence-corrected chi connectivity index (χ3v) is 5.53. The lowest BCUT2D eigenvalue weighted by molar-refractivity contribution is -0.154. The van der Waals surface area contributed by atoms with Gasteiger partial charge in [-0.2, -0.15) is 0 Å². The topological polar surface area (TPSA) is 129 Å². The number of amides is 2. The minimum absolute atomic E-state index is 0.124. The Kier molecular flexibility index (Phi) is 12.0. The average molecular weight is 549 g/mol. The molecule has 0 saturated carbocycles. The van der Waals surface area contributed by atoms with E-state index in [0.717, 1.165) is 0 Å². The van der Waals surface area contributed by atoms with Gasteiger partial charge in [0.25, 0.3) is 0 Å². The van der Waals surface area contributed by atoms with Crippen molar-refractivity contribution in [3.63, 3.8) is 0 Å². The van der Waals surface area contributed by atoms with Gasteiger partial charge in [-0.3, -0.25) is 4.79 Å². The summed E-state index contributed by atoms with van der Waals surface area (Å²) in [7, 11) is 0. The predicted octanol–water partition coefficient (Wildman–Crippen LogP) is 5.03. The first-order valence-electron chi connectivity index (χ1n) is 12.9. The van der Waals surface area contributed by atoms with Crippen molar-refractivity contribution in [1.29, 1.82) is 0 Å². The molecular formula is C30H32N2O8. The molecule has 0 aromatic heterocycles. The first-order chi connectivity index (χ1) is 19.4. The van der Waals surface area contributed by atoms with Gasteiger partial charge in [0.05, 0.1) is 6.42 Å². The minimum Gasteiger partial charge on any atom is -0.460 e. The van der Waals surface area contributed by atoms with E-state index in [0.29, 0.717) is 30.1 Å². The van der Waals surface area contributed by atoms with E-state index in [9.17, 15) is 19.2 Å². The molecule has 210 valence electrons. The Morgan fingerprint density at radius 2 is 1.20 bits per heavy atom. The molecule has 3 aromatic carbocycles. The monoisotopic (exact) mass is 548 g/mol. The molecular weight excluding hydrogens is 516 g/mol. The molecule has 0 aliphatic rings. The fraction of sp³-hybridized carbons (Fsp3) is 0.267. The zero-order valence-corrected chi connectivity index (χ0v) is 22.1. The van der Waals surface area contributed by atoms with Gasteiger partial charge < -0.3 is 29.6 Å². The number of benzene rings is 3. The number of rotatable bonds is 13. The zero-order chi connectivity index (χ0) is 28.6. The second-order valence-corrected chi connectivity index (χ2v) is 8.63. The molecule has 0 aliphatic carbocycles. The molecule has 2 amide bonds. The number of hydrogen-bond donors (Lipinski definition) is 2. The molecule has 0 fully saturated rings. The van der Waals surface area contributed by atoms with Gasteiger partial charge in [-0.1, -0.05) is 61.5 Å². The zero-order valence-electron chi connectivity index (χ0n) is 22.1. The van der Waals surface area contributed by atoms with Crippen molar-refractivity contribution >= 4 is 24.1 Å². The van der Waals surface area contributed by atoms with Crippen molar-refractivity contribution < 1.29 is 38.1 Å². The molecule has 0 radical (unpaired) electrons. The number of carbonyl (C=O) groups is 4. The number of carbonyl (C=O) groups excluding carboxylic acids is 4. The van der Waals surface area contributed by atoms with Crippen LogP contribution in [-0.2, 0) is 14.3 Å². The molecule has 2 unspecified atom stereocenters. The van der Waals surface area contributed by atoms with Crippen molar-refractivity contribution in [2.45, 2.75) is 44.8 Å². The maximum absolute atomic E-state index is 13.1. The second kappa shape index (κ2) is 16.2. The third kappa shape index (κ3) is 10.9. The van der Waals surface area contributed by atoms with Gasteiger partial charge in [-0.05, 0) is 55.7 Å². The van der Waals surface area contributed by atoms with E-state index in [-0.39, 0.29) is 19.4 Å². The number of esters is 2. The van der Waals surface area contributed by atoms with Gasteiger partial charge >= 0.3 is 24.1 Å². The lowest BCUT2D eigenvalue weighted by Crippen LogP contribution is -2.45. The van der Waals surface area contributed by atoms with E-state index in [4.69, 9.17) is 18.9 Å². The van der Waals surface area contributed by atoms with Crippen LogP contribution in [0.5, 0.6) is 17.2 Å². The van der Waals surface area contributed by atoms with Gasteiger partial charge in [0.2, 0.25) is 0 Å². The summed E-state index contributed by atoms with van der Waals surface area (Å²) in [6.45, 7) is 1.94. The highest BCUT2D eigenvalue weighted by atomic mass is 16.6. The molecule has 2 atom stereocenters. The lowest BCUT2D eigenvalue weighted by Gasteiger charge is -2.21. The summed E-state index contributed by atoms with van der Waals surface area (Å²) >= 11 is 0. The Morgan fingerprint density at radius 1 is 0.700 bits per heavy atom. The number of para-hydroxylation sites is 3. The van der Waals surface area contributed by atoms with E-state index in [2.05, 4.69) is 10.6 Å². The summed E-state index contributed by atoms with van der Waals surface area (Å²) in [5.41, 5.74) is 0. The largest absolute Gasteiger partial charge is 0.460 e. The highest BCUT2D eigenvalue weighted by Crippen LogP contribution is 2.14. The smallest absolute Gasteiger partial charge is 0.413 e. The van der Waals surface area contributed by atoms with Crippen LogP contribution in [-0.4, -0.2) is 42.8 Å². The van der Waals surface area contributed by atoms with Crippen molar-refractivity contribution in [3.05, 3.63) is 91.0 Å². The van der Waals surface area contributed by atoms with E-state index >= 15 is 0 Å². The molecule has 0 bridgehead atoms. The fourth-order valence-electron chi connectivity index (χ4n) is 3.51. The number of ether oxygens (including phenoxy) is 4. The fourth-order valence-corrected chi connectivity index (χ4v) is 3.51. The number of hydrogen-bond acceptors (Lipinski definition) is 8. The standard InChI is InChI=1S/C30H32N2O8/c1-2-22(21-27(33)37-23-13-6-3-7-14-23)38-28(34)26(32-30(36)40-25-17-10-5-11-18-25)19-12-20-31-29(35)39-24-15-8-4-9-16-24/h3-11,13-18,22,26H,2,12,19-21H2,1H3,(H,31,35)(H,32,36). The first kappa shape index (κ1) is 29.7. The molecule has 3 rings (SSSR count). The first-order valence-corrected chi connectivity index (χ1v) is 12.9. The van der Waals surface area contributed by atoms with Crippen LogP contribution in [0.4, 0.5) is 9.59 Å². The van der Waals surface area contributed by atoms with Crippen LogP contribution in [0.2, 0.25) is 0 Å². The molecule has 10 nitrogen and oxygen atoms in total. The molecule has 0 spiro atoms. The highest BCUT2D eigenvalue weighted by Gasteiger charge is 2.27. The van der Waals surface area contributed by atoms with Crippen molar-refractivity contribution in [1.82, 2.24) is 10.6 Å². The highest BCUT2D eigenvalue weighted by molar-refractivity contribution is 5.82. The summed E-state index contributed by atoms with van der Waals surface area (Å²) < 4.78 is 21.3. The Morgan fingerprint density at radius 3 is 1.73 bits per heavy atom. The Hall–Kier alpha value is -4.86. The molecule has 40 heavy (non-hydrogen) atoms. The third-order valence-electron chi connectivity index (χ3n) is 5.53. The van der Waals surface area contributed by atoms with Gasteiger partial charge in [0.1, 0.15) is 29.4 Å². The summed E-state index contributed by atoms with van der Waals surface area (Å²) in [5.74, 6) is -0.220. The predicted molar refractivity (Wildman–Crippen MR) is 146 cm³/mol. The van der Waals surface area contributed by atoms with Crippen molar-refractivity contribution in [2.24, 2.45) is 0 Å². The molecule has 0 aliphatic heterocycles. The van der Waals surface area contributed by atoms with Gasteiger partial charge in [-0.15, -0.1) is 0 Å². The molecule has 0 saturated heterocycles. The van der Waals surface area contributed by atoms with Crippen molar-refractivity contribution in [2.75, 3.05) is 6.54 Å². The van der Waals surface area contributed by atoms with E-state index in [1.165, 1.54) is 0 Å².